The lowest BCUT2D eigenvalue weighted by Gasteiger charge is -2.20. The quantitative estimate of drug-likeness (QED) is 0.729. The molecule has 0 radical (unpaired) electrons. The molecule has 1 atom stereocenters. The highest BCUT2D eigenvalue weighted by atomic mass is 79.9. The van der Waals surface area contributed by atoms with Gasteiger partial charge in [0.05, 0.1) is 6.61 Å². The van der Waals surface area contributed by atoms with Gasteiger partial charge in [0.2, 0.25) is 0 Å². The first-order valence-corrected chi connectivity index (χ1v) is 7.33. The molecule has 1 unspecified atom stereocenters. The van der Waals surface area contributed by atoms with Crippen LogP contribution in [0.2, 0.25) is 0 Å². The summed E-state index contributed by atoms with van der Waals surface area (Å²) in [6.07, 6.45) is -0.227. The second-order valence-electron chi connectivity index (χ2n) is 4.35. The summed E-state index contributed by atoms with van der Waals surface area (Å²) < 4.78 is 19.3. The average molecular weight is 323 g/mol. The van der Waals surface area contributed by atoms with Crippen molar-refractivity contribution in [2.24, 2.45) is 0 Å². The summed E-state index contributed by atoms with van der Waals surface area (Å²) in [7, 11) is 0. The highest BCUT2D eigenvalue weighted by Gasteiger charge is 2.16. The molecule has 19 heavy (non-hydrogen) atoms. The van der Waals surface area contributed by atoms with Gasteiger partial charge >= 0.3 is 0 Å². The minimum absolute atomic E-state index is 0.227. The fourth-order valence-corrected chi connectivity index (χ4v) is 2.27. The first-order chi connectivity index (χ1) is 9.22. The summed E-state index contributed by atoms with van der Waals surface area (Å²) in [5, 5.41) is 0.755. The van der Waals surface area contributed by atoms with Crippen molar-refractivity contribution in [3.8, 4) is 0 Å². The number of halogens is 2. The van der Waals surface area contributed by atoms with Crippen LogP contribution in [0.3, 0.4) is 0 Å². The van der Waals surface area contributed by atoms with Gasteiger partial charge in [-0.15, -0.1) is 0 Å². The Morgan fingerprint density at radius 3 is 2.63 bits per heavy atom. The van der Waals surface area contributed by atoms with Crippen molar-refractivity contribution in [2.75, 3.05) is 11.9 Å². The Morgan fingerprint density at radius 2 is 1.95 bits per heavy atom. The van der Waals surface area contributed by atoms with E-state index in [-0.39, 0.29) is 11.9 Å². The zero-order valence-corrected chi connectivity index (χ0v) is 12.4. The van der Waals surface area contributed by atoms with E-state index in [4.69, 9.17) is 4.74 Å². The molecule has 1 nitrogen and oxygen atoms in total. The zero-order chi connectivity index (χ0) is 13.7. The van der Waals surface area contributed by atoms with Crippen molar-refractivity contribution in [2.45, 2.75) is 13.0 Å². The van der Waals surface area contributed by atoms with E-state index in [9.17, 15) is 4.39 Å². The normalized spacial score (nSPS) is 12.4. The molecule has 100 valence electrons. The Hall–Kier alpha value is -1.19. The first-order valence-electron chi connectivity index (χ1n) is 6.21. The molecule has 0 N–H and O–H groups in total. The van der Waals surface area contributed by atoms with E-state index in [0.29, 0.717) is 6.61 Å². The molecular formula is C16H16BrFO. The lowest BCUT2D eigenvalue weighted by molar-refractivity contribution is 0.0934. The smallest absolute Gasteiger partial charge is 0.123 e. The highest BCUT2D eigenvalue weighted by molar-refractivity contribution is 9.09. The molecule has 0 aliphatic rings. The van der Waals surface area contributed by atoms with E-state index in [1.54, 1.807) is 6.07 Å². The number of aryl methyl sites for hydroxylation is 1. The minimum Gasteiger partial charge on any atom is -0.368 e. The average Bonchev–Trinajstić information content (AvgIpc) is 2.41. The molecule has 0 bridgehead atoms. The number of rotatable bonds is 5. The van der Waals surface area contributed by atoms with Crippen molar-refractivity contribution in [1.29, 1.82) is 0 Å². The Balaban J connectivity index is 2.38. The van der Waals surface area contributed by atoms with E-state index in [1.807, 2.05) is 37.3 Å². The third-order valence-corrected chi connectivity index (χ3v) is 3.31. The molecule has 0 saturated carbocycles. The monoisotopic (exact) mass is 322 g/mol. The summed E-state index contributed by atoms with van der Waals surface area (Å²) in [4.78, 5) is 0. The van der Waals surface area contributed by atoms with Gasteiger partial charge in [-0.1, -0.05) is 52.3 Å². The Bertz CT molecular complexity index is 542. The van der Waals surface area contributed by atoms with Crippen LogP contribution in [-0.4, -0.2) is 11.9 Å². The molecule has 0 aliphatic heterocycles. The molecule has 0 saturated heterocycles. The van der Waals surface area contributed by atoms with Crippen LogP contribution in [0.1, 0.15) is 22.8 Å². The maximum atomic E-state index is 13.4. The van der Waals surface area contributed by atoms with Gasteiger partial charge in [0.15, 0.2) is 0 Å². The minimum atomic E-state index is -0.237. The van der Waals surface area contributed by atoms with E-state index in [0.717, 1.165) is 22.0 Å². The summed E-state index contributed by atoms with van der Waals surface area (Å²) in [6.45, 7) is 2.62. The van der Waals surface area contributed by atoms with E-state index < -0.39 is 0 Å². The van der Waals surface area contributed by atoms with Gasteiger partial charge in [-0.2, -0.15) is 0 Å². The number of benzene rings is 2. The third kappa shape index (κ3) is 3.64. The molecule has 2 aromatic carbocycles. The predicted molar refractivity (Wildman–Crippen MR) is 79.2 cm³/mol. The Labute approximate surface area is 121 Å². The zero-order valence-electron chi connectivity index (χ0n) is 10.8. The Morgan fingerprint density at radius 1 is 1.16 bits per heavy atom. The first kappa shape index (κ1) is 14.2. The largest absolute Gasteiger partial charge is 0.368 e. The standard InChI is InChI=1S/C16H16BrFO/c1-12-5-2-3-8-15(12)16(19-10-9-17)13-6-4-7-14(18)11-13/h2-8,11,16H,9-10H2,1H3. The maximum absolute atomic E-state index is 13.4. The molecule has 2 aromatic rings. The van der Waals surface area contributed by atoms with E-state index in [2.05, 4.69) is 15.9 Å². The van der Waals surface area contributed by atoms with Gasteiger partial charge < -0.3 is 4.74 Å². The van der Waals surface area contributed by atoms with Crippen molar-refractivity contribution in [3.05, 3.63) is 71.0 Å². The van der Waals surface area contributed by atoms with Gasteiger partial charge in [-0.3, -0.25) is 0 Å². The Kier molecular flexibility index (Phi) is 5.11. The molecule has 0 amide bonds. The highest BCUT2D eigenvalue weighted by Crippen LogP contribution is 2.28. The van der Waals surface area contributed by atoms with Gasteiger partial charge in [0, 0.05) is 5.33 Å². The van der Waals surface area contributed by atoms with Crippen LogP contribution in [0.4, 0.5) is 4.39 Å². The topological polar surface area (TPSA) is 9.23 Å². The summed E-state index contributed by atoms with van der Waals surface area (Å²) >= 11 is 3.36. The molecule has 0 fully saturated rings. The molecular weight excluding hydrogens is 307 g/mol. The molecule has 0 aromatic heterocycles. The van der Waals surface area contributed by atoms with Gasteiger partial charge in [0.1, 0.15) is 11.9 Å². The molecule has 0 aliphatic carbocycles. The summed E-state index contributed by atoms with van der Waals surface area (Å²) in [5.41, 5.74) is 3.07. The van der Waals surface area contributed by atoms with E-state index >= 15 is 0 Å². The number of alkyl halides is 1. The second-order valence-corrected chi connectivity index (χ2v) is 5.14. The van der Waals surface area contributed by atoms with Gasteiger partial charge in [-0.25, -0.2) is 4.39 Å². The summed E-state index contributed by atoms with van der Waals surface area (Å²) in [6, 6.07) is 14.6. The van der Waals surface area contributed by atoms with Crippen molar-refractivity contribution < 1.29 is 9.13 Å². The lowest BCUT2D eigenvalue weighted by Crippen LogP contribution is -2.09. The van der Waals surface area contributed by atoms with Crippen LogP contribution in [0.15, 0.2) is 48.5 Å². The van der Waals surface area contributed by atoms with Crippen molar-refractivity contribution >= 4 is 15.9 Å². The maximum Gasteiger partial charge on any atom is 0.123 e. The van der Waals surface area contributed by atoms with Gasteiger partial charge in [0.25, 0.3) is 0 Å². The fraction of sp³-hybridized carbons (Fsp3) is 0.250. The van der Waals surface area contributed by atoms with Crippen LogP contribution in [-0.2, 0) is 4.74 Å². The molecule has 0 heterocycles. The predicted octanol–water partition coefficient (Wildman–Crippen LogP) is 4.64. The van der Waals surface area contributed by atoms with Crippen LogP contribution < -0.4 is 0 Å². The van der Waals surface area contributed by atoms with Crippen LogP contribution in [0, 0.1) is 12.7 Å². The van der Waals surface area contributed by atoms with Gasteiger partial charge in [-0.05, 0) is 35.7 Å². The van der Waals surface area contributed by atoms with Crippen molar-refractivity contribution in [3.63, 3.8) is 0 Å². The fourth-order valence-electron chi connectivity index (χ4n) is 2.08. The molecule has 3 heteroatoms. The van der Waals surface area contributed by atoms with Crippen LogP contribution in [0.5, 0.6) is 0 Å². The van der Waals surface area contributed by atoms with Crippen LogP contribution >= 0.6 is 15.9 Å². The summed E-state index contributed by atoms with van der Waals surface area (Å²) in [5.74, 6) is -0.237. The second kappa shape index (κ2) is 6.83. The van der Waals surface area contributed by atoms with Crippen LogP contribution in [0.25, 0.3) is 0 Å². The lowest BCUT2D eigenvalue weighted by atomic mass is 9.97. The third-order valence-electron chi connectivity index (χ3n) is 2.98. The molecule has 2 rings (SSSR count). The SMILES string of the molecule is Cc1ccccc1C(OCCBr)c1cccc(F)c1. The van der Waals surface area contributed by atoms with E-state index in [1.165, 1.54) is 12.1 Å². The van der Waals surface area contributed by atoms with Crippen molar-refractivity contribution in [1.82, 2.24) is 0 Å². The number of hydrogen-bond donors (Lipinski definition) is 0. The number of ether oxygens (including phenoxy) is 1. The molecule has 0 spiro atoms. The number of hydrogen-bond acceptors (Lipinski definition) is 1.